The first-order chi connectivity index (χ1) is 12.0. The Labute approximate surface area is 147 Å². The number of methoxy groups -OCH3 is 1. The molecule has 0 fully saturated rings. The Bertz CT molecular complexity index is 731. The van der Waals surface area contributed by atoms with E-state index in [0.717, 1.165) is 11.1 Å². The van der Waals surface area contributed by atoms with E-state index in [-0.39, 0.29) is 6.61 Å². The van der Waals surface area contributed by atoms with Crippen molar-refractivity contribution in [3.05, 3.63) is 65.2 Å². The molecule has 0 heterocycles. The summed E-state index contributed by atoms with van der Waals surface area (Å²) in [6.45, 7) is 3.69. The first kappa shape index (κ1) is 18.5. The number of carbonyl (C=O) groups excluding carboxylic acids is 2. The molecule has 1 atom stereocenters. The standard InChI is InChI=1S/C19H22N2O4/c1-13-9-10-16(14(2)11-13)25-12-17(22)20-21-19(23)18(24-3)15-7-5-4-6-8-15/h4-11,18H,12H2,1-3H3,(H,20,22)(H,21,23). The monoisotopic (exact) mass is 342 g/mol. The summed E-state index contributed by atoms with van der Waals surface area (Å²) >= 11 is 0. The van der Waals surface area contributed by atoms with Gasteiger partial charge in [0.15, 0.2) is 12.7 Å². The van der Waals surface area contributed by atoms with Gasteiger partial charge < -0.3 is 9.47 Å². The molecule has 2 rings (SSSR count). The highest BCUT2D eigenvalue weighted by molar-refractivity contribution is 5.86. The maximum Gasteiger partial charge on any atom is 0.276 e. The molecule has 2 aromatic rings. The smallest absolute Gasteiger partial charge is 0.276 e. The first-order valence-corrected chi connectivity index (χ1v) is 7.87. The molecule has 1 unspecified atom stereocenters. The number of hydrazine groups is 1. The lowest BCUT2D eigenvalue weighted by molar-refractivity contribution is -0.136. The molecular weight excluding hydrogens is 320 g/mol. The maximum atomic E-state index is 12.2. The summed E-state index contributed by atoms with van der Waals surface area (Å²) in [6.07, 6.45) is -0.804. The third kappa shape index (κ3) is 5.32. The normalized spacial score (nSPS) is 11.5. The molecule has 0 bridgehead atoms. The molecule has 6 heteroatoms. The van der Waals surface area contributed by atoms with Gasteiger partial charge in [-0.2, -0.15) is 0 Å². The molecule has 2 N–H and O–H groups in total. The van der Waals surface area contributed by atoms with Crippen LogP contribution in [0.5, 0.6) is 5.75 Å². The van der Waals surface area contributed by atoms with E-state index in [1.165, 1.54) is 7.11 Å². The van der Waals surface area contributed by atoms with E-state index in [1.807, 2.05) is 50.2 Å². The molecule has 0 aliphatic heterocycles. The van der Waals surface area contributed by atoms with Gasteiger partial charge in [0.25, 0.3) is 11.8 Å². The van der Waals surface area contributed by atoms with E-state index in [4.69, 9.17) is 9.47 Å². The molecule has 0 aromatic heterocycles. The van der Waals surface area contributed by atoms with Gasteiger partial charge in [-0.25, -0.2) is 0 Å². The number of rotatable bonds is 6. The van der Waals surface area contributed by atoms with Crippen molar-refractivity contribution in [3.63, 3.8) is 0 Å². The summed E-state index contributed by atoms with van der Waals surface area (Å²) in [6, 6.07) is 14.7. The van der Waals surface area contributed by atoms with Crippen molar-refractivity contribution in [1.82, 2.24) is 10.9 Å². The van der Waals surface area contributed by atoms with E-state index < -0.39 is 17.9 Å². The Morgan fingerprint density at radius 1 is 1.04 bits per heavy atom. The van der Waals surface area contributed by atoms with Gasteiger partial charge in [0.2, 0.25) is 0 Å². The molecule has 25 heavy (non-hydrogen) atoms. The number of ether oxygens (including phenoxy) is 2. The summed E-state index contributed by atoms with van der Waals surface area (Å²) in [5.41, 5.74) is 7.43. The van der Waals surface area contributed by atoms with Gasteiger partial charge in [0, 0.05) is 7.11 Å². The van der Waals surface area contributed by atoms with Crippen molar-refractivity contribution in [2.45, 2.75) is 20.0 Å². The number of benzene rings is 2. The Morgan fingerprint density at radius 2 is 1.76 bits per heavy atom. The average Bonchev–Trinajstić information content (AvgIpc) is 2.61. The molecule has 0 aliphatic carbocycles. The van der Waals surface area contributed by atoms with E-state index in [2.05, 4.69) is 10.9 Å². The summed E-state index contributed by atoms with van der Waals surface area (Å²) in [4.78, 5) is 24.0. The van der Waals surface area contributed by atoms with Crippen molar-refractivity contribution in [1.29, 1.82) is 0 Å². The lowest BCUT2D eigenvalue weighted by Crippen LogP contribution is -2.46. The van der Waals surface area contributed by atoms with E-state index in [0.29, 0.717) is 11.3 Å². The Balaban J connectivity index is 1.83. The quantitative estimate of drug-likeness (QED) is 0.789. The van der Waals surface area contributed by atoms with Gasteiger partial charge in [-0.3, -0.25) is 20.4 Å². The largest absolute Gasteiger partial charge is 0.483 e. The third-order valence-corrected chi connectivity index (χ3v) is 3.59. The van der Waals surface area contributed by atoms with E-state index in [9.17, 15) is 9.59 Å². The zero-order valence-corrected chi connectivity index (χ0v) is 14.5. The number of amides is 2. The molecule has 0 radical (unpaired) electrons. The molecule has 0 saturated carbocycles. The number of hydrogen-bond acceptors (Lipinski definition) is 4. The summed E-state index contributed by atoms with van der Waals surface area (Å²) in [5, 5.41) is 0. The average molecular weight is 342 g/mol. The van der Waals surface area contributed by atoms with E-state index in [1.54, 1.807) is 12.1 Å². The highest BCUT2D eigenvalue weighted by atomic mass is 16.5. The van der Waals surface area contributed by atoms with Crippen LogP contribution < -0.4 is 15.6 Å². The second-order valence-electron chi connectivity index (χ2n) is 5.62. The zero-order valence-electron chi connectivity index (χ0n) is 14.5. The summed E-state index contributed by atoms with van der Waals surface area (Å²) in [7, 11) is 1.43. The Kier molecular flexibility index (Phi) is 6.54. The Hall–Kier alpha value is -2.86. The third-order valence-electron chi connectivity index (χ3n) is 3.59. The van der Waals surface area contributed by atoms with Gasteiger partial charge >= 0.3 is 0 Å². The van der Waals surface area contributed by atoms with Gasteiger partial charge in [-0.15, -0.1) is 0 Å². The van der Waals surface area contributed by atoms with Crippen LogP contribution in [0.1, 0.15) is 22.8 Å². The van der Waals surface area contributed by atoms with E-state index >= 15 is 0 Å². The van der Waals surface area contributed by atoms with Crippen molar-refractivity contribution in [2.75, 3.05) is 13.7 Å². The first-order valence-electron chi connectivity index (χ1n) is 7.87. The van der Waals surface area contributed by atoms with Gasteiger partial charge in [-0.1, -0.05) is 48.0 Å². The molecule has 0 aliphatic rings. The zero-order chi connectivity index (χ0) is 18.2. The maximum absolute atomic E-state index is 12.2. The predicted molar refractivity (Wildman–Crippen MR) is 93.9 cm³/mol. The molecule has 132 valence electrons. The van der Waals surface area contributed by atoms with Crippen LogP contribution in [-0.2, 0) is 14.3 Å². The lowest BCUT2D eigenvalue weighted by Gasteiger charge is -2.16. The fourth-order valence-corrected chi connectivity index (χ4v) is 2.36. The summed E-state index contributed by atoms with van der Waals surface area (Å²) in [5.74, 6) is -0.295. The van der Waals surface area contributed by atoms with Crippen LogP contribution >= 0.6 is 0 Å². The predicted octanol–water partition coefficient (Wildman–Crippen LogP) is 2.22. The topological polar surface area (TPSA) is 76.7 Å². The minimum Gasteiger partial charge on any atom is -0.483 e. The van der Waals surface area contributed by atoms with Crippen molar-refractivity contribution in [2.24, 2.45) is 0 Å². The van der Waals surface area contributed by atoms with Crippen molar-refractivity contribution >= 4 is 11.8 Å². The van der Waals surface area contributed by atoms with Gasteiger partial charge in [0.05, 0.1) is 0 Å². The highest BCUT2D eigenvalue weighted by Gasteiger charge is 2.20. The van der Waals surface area contributed by atoms with Crippen LogP contribution in [0.15, 0.2) is 48.5 Å². The highest BCUT2D eigenvalue weighted by Crippen LogP contribution is 2.18. The van der Waals surface area contributed by atoms with Crippen LogP contribution in [-0.4, -0.2) is 25.5 Å². The fraction of sp³-hybridized carbons (Fsp3) is 0.263. The van der Waals surface area contributed by atoms with Crippen LogP contribution in [0, 0.1) is 13.8 Å². The molecular formula is C19H22N2O4. The van der Waals surface area contributed by atoms with Crippen molar-refractivity contribution < 1.29 is 19.1 Å². The fourth-order valence-electron chi connectivity index (χ4n) is 2.36. The molecule has 6 nitrogen and oxygen atoms in total. The second-order valence-corrected chi connectivity index (χ2v) is 5.62. The Morgan fingerprint density at radius 3 is 2.40 bits per heavy atom. The van der Waals surface area contributed by atoms with Gasteiger partial charge in [0.1, 0.15) is 5.75 Å². The minimum atomic E-state index is -0.804. The van der Waals surface area contributed by atoms with Crippen LogP contribution in [0.3, 0.4) is 0 Å². The second kappa shape index (κ2) is 8.84. The minimum absolute atomic E-state index is 0.201. The van der Waals surface area contributed by atoms with Crippen LogP contribution in [0.2, 0.25) is 0 Å². The van der Waals surface area contributed by atoms with Crippen LogP contribution in [0.4, 0.5) is 0 Å². The lowest BCUT2D eigenvalue weighted by atomic mass is 10.1. The van der Waals surface area contributed by atoms with Crippen molar-refractivity contribution in [3.8, 4) is 5.75 Å². The number of hydrogen-bond donors (Lipinski definition) is 2. The number of carbonyl (C=O) groups is 2. The molecule has 2 aromatic carbocycles. The number of aryl methyl sites for hydroxylation is 2. The SMILES string of the molecule is COC(C(=O)NNC(=O)COc1ccc(C)cc1C)c1ccccc1. The summed E-state index contributed by atoms with van der Waals surface area (Å²) < 4.78 is 10.7. The molecule has 0 saturated heterocycles. The molecule has 0 spiro atoms. The van der Waals surface area contributed by atoms with Gasteiger partial charge in [-0.05, 0) is 31.0 Å². The number of nitrogens with one attached hydrogen (secondary N) is 2. The van der Waals surface area contributed by atoms with Crippen LogP contribution in [0.25, 0.3) is 0 Å². The molecule has 2 amide bonds.